The Labute approximate surface area is 188 Å². The molecule has 0 aliphatic carbocycles. The number of nitrogens with zero attached hydrogens (tertiary/aromatic N) is 2. The van der Waals surface area contributed by atoms with E-state index in [1.54, 1.807) is 0 Å². The van der Waals surface area contributed by atoms with E-state index in [0.29, 0.717) is 18.1 Å². The van der Waals surface area contributed by atoms with E-state index < -0.39 is 0 Å². The summed E-state index contributed by atoms with van der Waals surface area (Å²) in [6, 6.07) is 14.0. The SMILES string of the molecule is CCOc1ccc(C(CC(=O)N2CCN(CC)CC2)c2c[nH]c3ccc(Cl)cc23)cc1. The summed E-state index contributed by atoms with van der Waals surface area (Å²) in [4.78, 5) is 21.0. The lowest BCUT2D eigenvalue weighted by Crippen LogP contribution is -2.48. The van der Waals surface area contributed by atoms with Crippen LogP contribution in [0.3, 0.4) is 0 Å². The molecule has 6 heteroatoms. The Hall–Kier alpha value is -2.50. The van der Waals surface area contributed by atoms with Crippen molar-refractivity contribution in [2.24, 2.45) is 0 Å². The van der Waals surface area contributed by atoms with Gasteiger partial charge in [-0.1, -0.05) is 30.7 Å². The number of hydrogen-bond donors (Lipinski definition) is 1. The number of ether oxygens (including phenoxy) is 1. The van der Waals surface area contributed by atoms with Gasteiger partial charge in [0, 0.05) is 60.6 Å². The van der Waals surface area contributed by atoms with Crippen LogP contribution < -0.4 is 4.74 Å². The van der Waals surface area contributed by atoms with Gasteiger partial charge in [0.05, 0.1) is 6.61 Å². The van der Waals surface area contributed by atoms with Crippen molar-refractivity contribution in [2.45, 2.75) is 26.2 Å². The van der Waals surface area contributed by atoms with E-state index in [-0.39, 0.29) is 11.8 Å². The number of carbonyl (C=O) groups is 1. The molecule has 1 aromatic heterocycles. The molecule has 5 nitrogen and oxygen atoms in total. The minimum Gasteiger partial charge on any atom is -0.494 e. The number of piperazine rings is 1. The average molecular weight is 440 g/mol. The fraction of sp³-hybridized carbons (Fsp3) is 0.400. The van der Waals surface area contributed by atoms with Crippen LogP contribution in [0.5, 0.6) is 5.75 Å². The molecule has 1 aliphatic heterocycles. The molecular weight excluding hydrogens is 410 g/mol. The lowest BCUT2D eigenvalue weighted by atomic mass is 9.87. The monoisotopic (exact) mass is 439 g/mol. The van der Waals surface area contributed by atoms with Gasteiger partial charge in [-0.3, -0.25) is 4.79 Å². The molecule has 0 spiro atoms. The smallest absolute Gasteiger partial charge is 0.223 e. The topological polar surface area (TPSA) is 48.6 Å². The number of likely N-dealkylation sites (N-methyl/N-ethyl adjacent to an activating group) is 1. The van der Waals surface area contributed by atoms with E-state index >= 15 is 0 Å². The van der Waals surface area contributed by atoms with Crippen LogP contribution >= 0.6 is 11.6 Å². The van der Waals surface area contributed by atoms with Crippen molar-refractivity contribution in [3.63, 3.8) is 0 Å². The molecule has 164 valence electrons. The number of nitrogens with one attached hydrogen (secondary N) is 1. The van der Waals surface area contributed by atoms with Gasteiger partial charge in [-0.15, -0.1) is 0 Å². The van der Waals surface area contributed by atoms with Crippen LogP contribution in [0, 0.1) is 0 Å². The number of carbonyl (C=O) groups excluding carboxylic acids is 1. The Kier molecular flexibility index (Phi) is 6.83. The molecule has 0 saturated carbocycles. The summed E-state index contributed by atoms with van der Waals surface area (Å²) >= 11 is 6.30. The Morgan fingerprint density at radius 3 is 2.52 bits per heavy atom. The molecule has 2 aromatic carbocycles. The zero-order valence-corrected chi connectivity index (χ0v) is 19.0. The second-order valence-electron chi connectivity index (χ2n) is 8.01. The zero-order valence-electron chi connectivity index (χ0n) is 18.2. The number of benzene rings is 2. The highest BCUT2D eigenvalue weighted by Gasteiger charge is 2.26. The van der Waals surface area contributed by atoms with E-state index in [0.717, 1.165) is 60.5 Å². The normalized spacial score (nSPS) is 15.9. The van der Waals surface area contributed by atoms with Gasteiger partial charge in [-0.2, -0.15) is 0 Å². The van der Waals surface area contributed by atoms with Crippen molar-refractivity contribution in [1.82, 2.24) is 14.8 Å². The van der Waals surface area contributed by atoms with E-state index in [1.807, 2.05) is 48.4 Å². The van der Waals surface area contributed by atoms with Crippen LogP contribution in [0.4, 0.5) is 0 Å². The third-order valence-electron chi connectivity index (χ3n) is 6.20. The van der Waals surface area contributed by atoms with Gasteiger partial charge in [0.2, 0.25) is 5.91 Å². The van der Waals surface area contributed by atoms with Crippen LogP contribution in [-0.2, 0) is 4.79 Å². The molecule has 0 bridgehead atoms. The first kappa shape index (κ1) is 21.7. The maximum absolute atomic E-state index is 13.3. The molecule has 1 unspecified atom stereocenters. The van der Waals surface area contributed by atoms with Gasteiger partial charge in [-0.25, -0.2) is 0 Å². The van der Waals surface area contributed by atoms with Gasteiger partial charge in [0.1, 0.15) is 5.75 Å². The summed E-state index contributed by atoms with van der Waals surface area (Å²) in [6.07, 6.45) is 2.45. The standard InChI is InChI=1S/C25H30ClN3O2/c1-3-28-11-13-29(14-12-28)25(30)16-21(18-5-8-20(9-6-18)31-4-2)23-17-27-24-10-7-19(26)15-22(23)24/h5-10,15,17,21,27H,3-4,11-14,16H2,1-2H3. The van der Waals surface area contributed by atoms with E-state index in [2.05, 4.69) is 28.9 Å². The number of aromatic nitrogens is 1. The fourth-order valence-electron chi connectivity index (χ4n) is 4.39. The number of amides is 1. The zero-order chi connectivity index (χ0) is 21.8. The molecule has 1 aliphatic rings. The highest BCUT2D eigenvalue weighted by molar-refractivity contribution is 6.31. The molecule has 0 radical (unpaired) electrons. The average Bonchev–Trinajstić information content (AvgIpc) is 3.21. The van der Waals surface area contributed by atoms with Crippen LogP contribution in [0.2, 0.25) is 5.02 Å². The summed E-state index contributed by atoms with van der Waals surface area (Å²) in [7, 11) is 0. The Bertz CT molecular complexity index is 1020. The van der Waals surface area contributed by atoms with Gasteiger partial charge in [0.25, 0.3) is 0 Å². The predicted molar refractivity (Wildman–Crippen MR) is 126 cm³/mol. The third kappa shape index (κ3) is 4.89. The number of rotatable bonds is 7. The highest BCUT2D eigenvalue weighted by Crippen LogP contribution is 2.35. The first-order valence-corrected chi connectivity index (χ1v) is 11.5. The number of fused-ring (bicyclic) bond motifs is 1. The molecule has 2 heterocycles. The summed E-state index contributed by atoms with van der Waals surface area (Å²) in [5, 5.41) is 1.76. The summed E-state index contributed by atoms with van der Waals surface area (Å²) in [6.45, 7) is 9.28. The largest absolute Gasteiger partial charge is 0.494 e. The molecule has 1 amide bonds. The predicted octanol–water partition coefficient (Wildman–Crippen LogP) is 4.91. The van der Waals surface area contributed by atoms with Gasteiger partial charge in [0.15, 0.2) is 0 Å². The molecular formula is C25H30ClN3O2. The lowest BCUT2D eigenvalue weighted by Gasteiger charge is -2.34. The van der Waals surface area contributed by atoms with E-state index in [4.69, 9.17) is 16.3 Å². The third-order valence-corrected chi connectivity index (χ3v) is 6.43. The maximum atomic E-state index is 13.3. The van der Waals surface area contributed by atoms with Crippen LogP contribution in [0.1, 0.15) is 37.3 Å². The van der Waals surface area contributed by atoms with E-state index in [1.165, 1.54) is 0 Å². The van der Waals surface area contributed by atoms with Gasteiger partial charge < -0.3 is 19.5 Å². The summed E-state index contributed by atoms with van der Waals surface area (Å²) in [5.74, 6) is 0.986. The Balaban J connectivity index is 1.64. The second kappa shape index (κ2) is 9.75. The number of halogens is 1. The summed E-state index contributed by atoms with van der Waals surface area (Å²) < 4.78 is 5.61. The first-order valence-electron chi connectivity index (χ1n) is 11.1. The quantitative estimate of drug-likeness (QED) is 0.569. The Morgan fingerprint density at radius 2 is 1.84 bits per heavy atom. The van der Waals surface area contributed by atoms with Gasteiger partial charge >= 0.3 is 0 Å². The lowest BCUT2D eigenvalue weighted by molar-refractivity contribution is -0.133. The molecule has 1 saturated heterocycles. The van der Waals surface area contributed by atoms with Crippen molar-refractivity contribution in [3.8, 4) is 5.75 Å². The minimum absolute atomic E-state index is 0.0559. The van der Waals surface area contributed by atoms with Crippen molar-refractivity contribution in [2.75, 3.05) is 39.3 Å². The van der Waals surface area contributed by atoms with Crippen molar-refractivity contribution < 1.29 is 9.53 Å². The molecule has 1 N–H and O–H groups in total. The molecule has 1 atom stereocenters. The highest BCUT2D eigenvalue weighted by atomic mass is 35.5. The number of aromatic amines is 1. The number of H-pyrrole nitrogens is 1. The van der Waals surface area contributed by atoms with Crippen LogP contribution in [0.25, 0.3) is 10.9 Å². The Morgan fingerprint density at radius 1 is 1.10 bits per heavy atom. The molecule has 31 heavy (non-hydrogen) atoms. The molecule has 1 fully saturated rings. The van der Waals surface area contributed by atoms with Gasteiger partial charge in [-0.05, 0) is 54.9 Å². The van der Waals surface area contributed by atoms with Crippen molar-refractivity contribution in [1.29, 1.82) is 0 Å². The maximum Gasteiger partial charge on any atom is 0.223 e. The van der Waals surface area contributed by atoms with Crippen molar-refractivity contribution in [3.05, 3.63) is 64.8 Å². The van der Waals surface area contributed by atoms with E-state index in [9.17, 15) is 4.79 Å². The molecule has 3 aromatic rings. The second-order valence-corrected chi connectivity index (χ2v) is 8.44. The summed E-state index contributed by atoms with van der Waals surface area (Å²) in [5.41, 5.74) is 3.23. The molecule has 4 rings (SSSR count). The first-order chi connectivity index (χ1) is 15.1. The minimum atomic E-state index is -0.0559. The van der Waals surface area contributed by atoms with Crippen LogP contribution in [-0.4, -0.2) is 60.0 Å². The number of hydrogen-bond acceptors (Lipinski definition) is 3. The fourth-order valence-corrected chi connectivity index (χ4v) is 4.56. The van der Waals surface area contributed by atoms with Crippen LogP contribution in [0.15, 0.2) is 48.7 Å². The van der Waals surface area contributed by atoms with Crippen molar-refractivity contribution >= 4 is 28.4 Å².